The number of carbonyl (C=O) groups is 1. The van der Waals surface area contributed by atoms with Crippen LogP contribution < -0.4 is 19.1 Å². The molecule has 5 heterocycles. The number of piperazine rings is 1. The van der Waals surface area contributed by atoms with E-state index in [1.54, 1.807) is 30.5 Å². The number of carbonyl (C=O) groups excluding carboxylic acids is 1. The Morgan fingerprint density at radius 1 is 1.00 bits per heavy atom. The first-order chi connectivity index (χ1) is 30.8. The van der Waals surface area contributed by atoms with Gasteiger partial charge in [-0.15, -0.1) is 0 Å². The number of anilines is 1. The lowest BCUT2D eigenvalue weighted by Gasteiger charge is -2.39. The van der Waals surface area contributed by atoms with Crippen LogP contribution in [0.2, 0.25) is 5.02 Å². The number of nitro benzene ring substituents is 1. The molecule has 4 aliphatic rings. The standard InChI is InChI=1S/C48H54ClN7O7S/c1-48(2)14-12-35(42(27-48)33-6-8-36(49)9-7-33)30-54-18-20-55(21-19-54)37-10-11-40(45(24-37)63-38-23-34-13-15-50-46(34)51-28-38)47(57)52-64(60,61)39-25-43(56(58)59)41-22-32(31-62-44(41)26-39)29-53-16-4-3-5-17-53/h6-11,13,15,23-26,28,32H,3-5,12,14,16-22,27,29-31H2,1-2H3,(H,50,51)(H,52,57)/t32-/m0/s1. The highest BCUT2D eigenvalue weighted by Crippen LogP contribution is 2.44. The first kappa shape index (κ1) is 43.8. The third-order valence-corrected chi connectivity index (χ3v) is 14.7. The third kappa shape index (κ3) is 9.77. The van der Waals surface area contributed by atoms with E-state index in [1.165, 1.54) is 35.4 Å². The van der Waals surface area contributed by atoms with Crippen LogP contribution in [0.25, 0.3) is 16.6 Å². The first-order valence-corrected chi connectivity index (χ1v) is 24.1. The summed E-state index contributed by atoms with van der Waals surface area (Å²) in [6.45, 7) is 11.7. The number of fused-ring (bicyclic) bond motifs is 2. The molecule has 0 unspecified atom stereocenters. The molecule has 16 heteroatoms. The molecule has 2 aromatic heterocycles. The van der Waals surface area contributed by atoms with Crippen LogP contribution in [0, 0.1) is 21.4 Å². The first-order valence-electron chi connectivity index (χ1n) is 22.2. The summed E-state index contributed by atoms with van der Waals surface area (Å²) in [6.07, 6.45) is 10.3. The topological polar surface area (TPSA) is 163 Å². The Kier molecular flexibility index (Phi) is 12.4. The van der Waals surface area contributed by atoms with Gasteiger partial charge in [0, 0.05) is 85.7 Å². The van der Waals surface area contributed by atoms with Crippen molar-refractivity contribution in [3.63, 3.8) is 0 Å². The average Bonchev–Trinajstić information content (AvgIpc) is 3.75. The largest absolute Gasteiger partial charge is 0.493 e. The van der Waals surface area contributed by atoms with Gasteiger partial charge < -0.3 is 24.3 Å². The Morgan fingerprint density at radius 3 is 2.55 bits per heavy atom. The number of hydrogen-bond donors (Lipinski definition) is 2. The quantitative estimate of drug-likeness (QED) is 0.0908. The lowest BCUT2D eigenvalue weighted by atomic mass is 9.72. The zero-order valence-electron chi connectivity index (χ0n) is 36.3. The van der Waals surface area contributed by atoms with Crippen molar-refractivity contribution in [1.29, 1.82) is 0 Å². The third-order valence-electron chi connectivity index (χ3n) is 13.2. The Morgan fingerprint density at radius 2 is 1.78 bits per heavy atom. The molecule has 14 nitrogen and oxygen atoms in total. The van der Waals surface area contributed by atoms with Gasteiger partial charge in [0.1, 0.15) is 22.9 Å². The molecule has 3 aliphatic heterocycles. The van der Waals surface area contributed by atoms with Gasteiger partial charge in [0.05, 0.1) is 33.7 Å². The van der Waals surface area contributed by atoms with Gasteiger partial charge in [-0.2, -0.15) is 0 Å². The lowest BCUT2D eigenvalue weighted by molar-refractivity contribution is -0.386. The van der Waals surface area contributed by atoms with Crippen molar-refractivity contribution >= 4 is 55.5 Å². The summed E-state index contributed by atoms with van der Waals surface area (Å²) in [5.41, 5.74) is 5.79. The fourth-order valence-electron chi connectivity index (χ4n) is 9.65. The van der Waals surface area contributed by atoms with Crippen LogP contribution in [0.15, 0.2) is 89.6 Å². The molecular weight excluding hydrogens is 854 g/mol. The number of likely N-dealkylation sites (tertiary alicyclic amines) is 1. The molecule has 0 radical (unpaired) electrons. The van der Waals surface area contributed by atoms with Gasteiger partial charge >= 0.3 is 0 Å². The predicted octanol–water partition coefficient (Wildman–Crippen LogP) is 8.86. The van der Waals surface area contributed by atoms with Crippen LogP contribution in [0.4, 0.5) is 11.4 Å². The second kappa shape index (κ2) is 18.2. The normalized spacial score (nSPS) is 19.5. The molecule has 3 aromatic carbocycles. The Labute approximate surface area is 378 Å². The molecular formula is C48H54ClN7O7S. The highest BCUT2D eigenvalue weighted by Gasteiger charge is 2.34. The Bertz CT molecular complexity index is 2710. The number of aromatic amines is 1. The average molecular weight is 909 g/mol. The SMILES string of the molecule is CC1(C)CCC(CN2CCN(c3ccc(C(=O)NS(=O)(=O)c4cc5c(c([N+](=O)[O-])c4)C[C@@H](CN4CCCCC4)CO5)c(Oc4cnc5[nH]ccc5c4)c3)CC2)=C(c2ccc(Cl)cc2)C1. The zero-order chi connectivity index (χ0) is 44.6. The van der Waals surface area contributed by atoms with Crippen molar-refractivity contribution in [2.75, 3.05) is 63.9 Å². The highest BCUT2D eigenvalue weighted by atomic mass is 35.5. The molecule has 64 heavy (non-hydrogen) atoms. The number of piperidine rings is 1. The van der Waals surface area contributed by atoms with Crippen LogP contribution in [0.5, 0.6) is 17.2 Å². The van der Waals surface area contributed by atoms with E-state index in [2.05, 4.69) is 55.4 Å². The number of nitro groups is 1. The van der Waals surface area contributed by atoms with Gasteiger partial charge in [-0.1, -0.05) is 49.6 Å². The number of halogens is 1. The number of rotatable bonds is 12. The molecule has 0 bridgehead atoms. The second-order valence-electron chi connectivity index (χ2n) is 18.4. The lowest BCUT2D eigenvalue weighted by Crippen LogP contribution is -2.47. The number of aromatic nitrogens is 2. The van der Waals surface area contributed by atoms with E-state index in [4.69, 9.17) is 21.1 Å². The number of H-pyrrole nitrogens is 1. The minimum Gasteiger partial charge on any atom is -0.493 e. The molecule has 9 rings (SSSR count). The van der Waals surface area contributed by atoms with Gasteiger partial charge in [0.25, 0.3) is 21.6 Å². The fourth-order valence-corrected chi connectivity index (χ4v) is 10.8. The summed E-state index contributed by atoms with van der Waals surface area (Å²) in [5.74, 6) is -0.297. The molecule has 2 saturated heterocycles. The van der Waals surface area contributed by atoms with Crippen molar-refractivity contribution in [1.82, 2.24) is 24.5 Å². The maximum atomic E-state index is 14.1. The number of nitrogens with one attached hydrogen (secondary N) is 2. The van der Waals surface area contributed by atoms with Gasteiger partial charge in [-0.25, -0.2) is 18.1 Å². The van der Waals surface area contributed by atoms with Crippen molar-refractivity contribution in [3.8, 4) is 17.2 Å². The highest BCUT2D eigenvalue weighted by molar-refractivity contribution is 7.90. The summed E-state index contributed by atoms with van der Waals surface area (Å²) >= 11 is 6.25. The van der Waals surface area contributed by atoms with Gasteiger partial charge in [0.2, 0.25) is 0 Å². The Balaban J connectivity index is 0.938. The zero-order valence-corrected chi connectivity index (χ0v) is 37.8. The van der Waals surface area contributed by atoms with E-state index >= 15 is 0 Å². The smallest absolute Gasteiger partial charge is 0.277 e. The summed E-state index contributed by atoms with van der Waals surface area (Å²) < 4.78 is 42.4. The summed E-state index contributed by atoms with van der Waals surface area (Å²) in [6, 6.07) is 19.2. The van der Waals surface area contributed by atoms with E-state index in [1.807, 2.05) is 18.2 Å². The van der Waals surface area contributed by atoms with E-state index < -0.39 is 25.7 Å². The molecule has 5 aromatic rings. The minimum absolute atomic E-state index is 0.0332. The molecule has 2 fully saturated rings. The summed E-state index contributed by atoms with van der Waals surface area (Å²) in [4.78, 5) is 40.0. The van der Waals surface area contributed by atoms with E-state index in [0.29, 0.717) is 30.0 Å². The van der Waals surface area contributed by atoms with Gasteiger partial charge in [0.15, 0.2) is 0 Å². The molecule has 2 N–H and O–H groups in total. The number of nitrogens with zero attached hydrogens (tertiary/aromatic N) is 5. The Hall–Kier alpha value is -5.48. The maximum absolute atomic E-state index is 14.1. The maximum Gasteiger partial charge on any atom is 0.277 e. The number of allylic oxidation sites excluding steroid dienone is 1. The van der Waals surface area contributed by atoms with Crippen molar-refractivity contribution in [2.45, 2.75) is 63.7 Å². The van der Waals surface area contributed by atoms with E-state index in [0.717, 1.165) is 107 Å². The van der Waals surface area contributed by atoms with Crippen molar-refractivity contribution in [3.05, 3.63) is 117 Å². The molecule has 1 atom stereocenters. The van der Waals surface area contributed by atoms with Gasteiger partial charge in [-0.05, 0) is 105 Å². The minimum atomic E-state index is -4.61. The van der Waals surface area contributed by atoms with Crippen LogP contribution in [-0.2, 0) is 16.4 Å². The predicted molar refractivity (Wildman–Crippen MR) is 248 cm³/mol. The molecule has 1 amide bonds. The van der Waals surface area contributed by atoms with Crippen LogP contribution in [0.1, 0.15) is 73.9 Å². The number of amides is 1. The van der Waals surface area contributed by atoms with Crippen LogP contribution in [0.3, 0.4) is 0 Å². The van der Waals surface area contributed by atoms with Gasteiger partial charge in [-0.3, -0.25) is 19.8 Å². The number of ether oxygens (including phenoxy) is 2. The number of sulfonamides is 1. The second-order valence-corrected chi connectivity index (χ2v) is 20.5. The van der Waals surface area contributed by atoms with Crippen LogP contribution >= 0.6 is 11.6 Å². The summed E-state index contributed by atoms with van der Waals surface area (Å²) in [7, 11) is -4.61. The number of hydrogen-bond acceptors (Lipinski definition) is 11. The molecule has 1 aliphatic carbocycles. The van der Waals surface area contributed by atoms with Crippen molar-refractivity contribution < 1.29 is 27.6 Å². The molecule has 0 spiro atoms. The molecule has 0 saturated carbocycles. The monoisotopic (exact) mass is 907 g/mol. The number of benzene rings is 3. The molecule has 336 valence electrons. The van der Waals surface area contributed by atoms with Crippen molar-refractivity contribution in [2.24, 2.45) is 11.3 Å². The van der Waals surface area contributed by atoms with E-state index in [9.17, 15) is 23.3 Å². The van der Waals surface area contributed by atoms with Crippen LogP contribution in [-0.4, -0.2) is 98.0 Å². The van der Waals surface area contributed by atoms with E-state index in [-0.39, 0.29) is 34.1 Å². The summed E-state index contributed by atoms with van der Waals surface area (Å²) in [5, 5.41) is 13.9. The fraction of sp³-hybridized carbons (Fsp3) is 0.417. The number of pyridine rings is 1.